The largest absolute Gasteiger partial charge is 0.508 e. The number of aliphatic hydroxyl groups is 1. The number of benzene rings is 1. The first-order chi connectivity index (χ1) is 28.1. The molecule has 1 aromatic carbocycles. The summed E-state index contributed by atoms with van der Waals surface area (Å²) in [4.78, 5) is 91.4. The van der Waals surface area contributed by atoms with E-state index >= 15 is 0 Å². The average molecular weight is 850 g/mol. The van der Waals surface area contributed by atoms with Gasteiger partial charge in [-0.15, -0.1) is 0 Å². The predicted molar refractivity (Wildman–Crippen MR) is 230 cm³/mol. The summed E-state index contributed by atoms with van der Waals surface area (Å²) in [5.41, 5.74) is 5.75. The summed E-state index contributed by atoms with van der Waals surface area (Å²) >= 11 is 0. The Balaban J connectivity index is 0.00000453. The van der Waals surface area contributed by atoms with Crippen molar-refractivity contribution in [2.24, 2.45) is 23.5 Å². The van der Waals surface area contributed by atoms with E-state index in [0.717, 1.165) is 4.90 Å². The lowest BCUT2D eigenvalue weighted by atomic mass is 9.94. The monoisotopic (exact) mass is 850 g/mol. The number of rotatable bonds is 26. The van der Waals surface area contributed by atoms with Crippen LogP contribution in [-0.4, -0.2) is 132 Å². The highest BCUT2D eigenvalue weighted by atomic mass is 16.5. The Hall–Kier alpha value is -4.61. The fourth-order valence-corrected chi connectivity index (χ4v) is 6.17. The highest BCUT2D eigenvalue weighted by Gasteiger charge is 2.40. The maximum Gasteiger partial charge on any atom is 0.329 e. The highest BCUT2D eigenvalue weighted by molar-refractivity contribution is 5.93. The fourth-order valence-electron chi connectivity index (χ4n) is 6.17. The lowest BCUT2D eigenvalue weighted by molar-refractivity contribution is -0.157. The van der Waals surface area contributed by atoms with Gasteiger partial charge in [0.05, 0.1) is 18.5 Å². The van der Waals surface area contributed by atoms with Crippen LogP contribution in [0.5, 0.6) is 5.75 Å². The minimum absolute atomic E-state index is 0.00195. The van der Waals surface area contributed by atoms with Crippen LogP contribution in [0.15, 0.2) is 24.3 Å². The molecule has 0 saturated carbocycles. The van der Waals surface area contributed by atoms with E-state index in [9.17, 15) is 43.8 Å². The van der Waals surface area contributed by atoms with Gasteiger partial charge in [0.15, 0.2) is 0 Å². The van der Waals surface area contributed by atoms with Crippen molar-refractivity contribution in [3.05, 3.63) is 29.8 Å². The molecule has 17 nitrogen and oxygen atoms in total. The number of carbonyl (C=O) groups is 7. The van der Waals surface area contributed by atoms with E-state index in [2.05, 4.69) is 21.3 Å². The van der Waals surface area contributed by atoms with Crippen LogP contribution in [0.4, 0.5) is 0 Å². The quantitative estimate of drug-likeness (QED) is 0.0402. The molecule has 8 N–H and O–H groups in total. The number of ether oxygens (including phenoxy) is 1. The first kappa shape index (κ1) is 55.4. The minimum atomic E-state index is -1.25. The number of phenols is 1. The number of hydrogen-bond acceptors (Lipinski definition) is 12. The van der Waals surface area contributed by atoms with Crippen LogP contribution in [0.1, 0.15) is 106 Å². The second-order valence-corrected chi connectivity index (χ2v) is 16.1. The van der Waals surface area contributed by atoms with E-state index in [1.54, 1.807) is 53.9 Å². The van der Waals surface area contributed by atoms with Crippen molar-refractivity contribution in [2.75, 3.05) is 21.1 Å². The van der Waals surface area contributed by atoms with Gasteiger partial charge in [-0.05, 0) is 82.5 Å². The molecule has 0 aliphatic carbocycles. The van der Waals surface area contributed by atoms with Crippen LogP contribution < -0.4 is 27.0 Å². The molecule has 0 aromatic heterocycles. The molecular formula is C43H75N7O10. The molecule has 0 saturated heterocycles. The minimum Gasteiger partial charge on any atom is -0.508 e. The Labute approximate surface area is 357 Å². The van der Waals surface area contributed by atoms with Gasteiger partial charge in [0.25, 0.3) is 0 Å². The number of aromatic hydroxyl groups is 1. The number of hydrogen-bond donors (Lipinski definition) is 7. The third-order valence-electron chi connectivity index (χ3n) is 10.5. The van der Waals surface area contributed by atoms with Gasteiger partial charge in [0.2, 0.25) is 30.0 Å². The second kappa shape index (κ2) is 28.8. The molecule has 60 heavy (non-hydrogen) atoms. The van der Waals surface area contributed by atoms with Crippen molar-refractivity contribution in [3.8, 4) is 5.75 Å². The number of amides is 5. The summed E-state index contributed by atoms with van der Waals surface area (Å²) in [5, 5.41) is 31.9. The van der Waals surface area contributed by atoms with Gasteiger partial charge in [-0.1, -0.05) is 66.5 Å². The average Bonchev–Trinajstić information content (AvgIpc) is 3.21. The van der Waals surface area contributed by atoms with Crippen molar-refractivity contribution in [3.63, 3.8) is 0 Å². The molecule has 17 heteroatoms. The Morgan fingerprint density at radius 2 is 1.45 bits per heavy atom. The molecule has 0 spiro atoms. The highest BCUT2D eigenvalue weighted by Crippen LogP contribution is 2.23. The van der Waals surface area contributed by atoms with Crippen LogP contribution in [0.3, 0.4) is 0 Å². The molecule has 0 heterocycles. The topological polar surface area (TPSA) is 250 Å². The third kappa shape index (κ3) is 19.6. The van der Waals surface area contributed by atoms with Crippen molar-refractivity contribution in [2.45, 2.75) is 156 Å². The Morgan fingerprint density at radius 3 is 1.90 bits per heavy atom. The zero-order valence-corrected chi connectivity index (χ0v) is 37.9. The van der Waals surface area contributed by atoms with Crippen molar-refractivity contribution in [1.82, 2.24) is 31.1 Å². The van der Waals surface area contributed by atoms with Crippen molar-refractivity contribution >= 4 is 42.3 Å². The van der Waals surface area contributed by atoms with Gasteiger partial charge in [-0.3, -0.25) is 24.0 Å². The first-order valence-corrected chi connectivity index (χ1v) is 21.0. The van der Waals surface area contributed by atoms with Crippen LogP contribution in [-0.2, 0) is 44.7 Å². The van der Waals surface area contributed by atoms with Gasteiger partial charge >= 0.3 is 5.97 Å². The van der Waals surface area contributed by atoms with Gasteiger partial charge in [0, 0.05) is 26.6 Å². The van der Waals surface area contributed by atoms with Crippen LogP contribution >= 0.6 is 0 Å². The van der Waals surface area contributed by atoms with Crippen molar-refractivity contribution < 1.29 is 48.5 Å². The summed E-state index contributed by atoms with van der Waals surface area (Å²) in [5.74, 6) is -3.16. The standard InChI is InChI=1S/C39H65N5O9.C4H10N2O/c1-11-25(5)35(39(52)53-28(8)20-33(48)41-30(22-45)19-24(3)4)42-37(50)32(21-29-14-16-31(47)17-15-29)43(10)38(51)36(26(6)12-2)44(23-46)34(49)18-13-27(7)40-9;1-3(5)4(7)6-2/h14-17,22-28,30,32,34-36,40,47,49H,11-13,18-21H2,1-10H3,(H,41,48)(H,42,50);3H,5H2,1-2H3,(H,6,7). The van der Waals surface area contributed by atoms with E-state index < -0.39 is 72.0 Å². The summed E-state index contributed by atoms with van der Waals surface area (Å²) in [6.45, 7) is 16.3. The Kier molecular flexibility index (Phi) is 26.6. The van der Waals surface area contributed by atoms with Crippen LogP contribution in [0.2, 0.25) is 0 Å². The molecule has 0 fully saturated rings. The van der Waals surface area contributed by atoms with Gasteiger partial charge < -0.3 is 56.5 Å². The molecule has 5 amide bonds. The fraction of sp³-hybridized carbons (Fsp3) is 0.698. The normalized spacial score (nSPS) is 16.1. The van der Waals surface area contributed by atoms with Gasteiger partial charge in [-0.2, -0.15) is 0 Å². The number of nitrogens with one attached hydrogen (secondary N) is 4. The van der Waals surface area contributed by atoms with E-state index in [1.807, 2.05) is 34.6 Å². The van der Waals surface area contributed by atoms with Crippen molar-refractivity contribution in [1.29, 1.82) is 0 Å². The number of nitrogens with two attached hydrogens (primary N) is 1. The smallest absolute Gasteiger partial charge is 0.329 e. The number of nitrogens with zero attached hydrogens (tertiary/aromatic N) is 2. The van der Waals surface area contributed by atoms with Crippen LogP contribution in [0, 0.1) is 17.8 Å². The zero-order chi connectivity index (χ0) is 46.3. The Morgan fingerprint density at radius 1 is 0.867 bits per heavy atom. The maximum absolute atomic E-state index is 14.4. The van der Waals surface area contributed by atoms with Gasteiger partial charge in [0.1, 0.15) is 42.5 Å². The number of esters is 1. The Bertz CT molecular complexity index is 1480. The number of phenolic OH excluding ortho intramolecular Hbond substituents is 1. The SMILES string of the molecule is CCC(C)C(NC(=O)C(Cc1ccc(O)cc1)N(C)C(=O)C(C(C)CC)N(C=O)C(O)CCC(C)NC)C(=O)OC(C)CC(=O)NC(C=O)CC(C)C.CNC(=O)C(C)N. The summed E-state index contributed by atoms with van der Waals surface area (Å²) in [6, 6.07) is 1.76. The predicted octanol–water partition coefficient (Wildman–Crippen LogP) is 2.00. The summed E-state index contributed by atoms with van der Waals surface area (Å²) in [6.07, 6.45) is 1.02. The molecule has 0 aliphatic heterocycles. The summed E-state index contributed by atoms with van der Waals surface area (Å²) in [7, 11) is 4.80. The number of carbonyl (C=O) groups excluding carboxylic acids is 7. The lowest BCUT2D eigenvalue weighted by Crippen LogP contribution is -2.60. The third-order valence-corrected chi connectivity index (χ3v) is 10.5. The molecule has 0 radical (unpaired) electrons. The molecule has 10 atom stereocenters. The number of aldehydes is 1. The molecule has 0 bridgehead atoms. The van der Waals surface area contributed by atoms with E-state index in [-0.39, 0.29) is 48.9 Å². The number of likely N-dealkylation sites (N-methyl/N-ethyl adjacent to an activating group) is 2. The lowest BCUT2D eigenvalue weighted by Gasteiger charge is -2.39. The van der Waals surface area contributed by atoms with Crippen LogP contribution in [0.25, 0.3) is 0 Å². The second-order valence-electron chi connectivity index (χ2n) is 16.1. The molecule has 10 unspecified atom stereocenters. The molecular weight excluding hydrogens is 775 g/mol. The van der Waals surface area contributed by atoms with E-state index in [4.69, 9.17) is 10.5 Å². The number of aliphatic hydroxyl groups excluding tert-OH is 1. The zero-order valence-electron chi connectivity index (χ0n) is 37.9. The molecule has 0 aliphatic rings. The first-order valence-electron chi connectivity index (χ1n) is 21.0. The van der Waals surface area contributed by atoms with E-state index in [1.165, 1.54) is 24.1 Å². The molecule has 342 valence electrons. The molecule has 1 rings (SSSR count). The maximum atomic E-state index is 14.4. The summed E-state index contributed by atoms with van der Waals surface area (Å²) < 4.78 is 5.64. The van der Waals surface area contributed by atoms with E-state index in [0.29, 0.717) is 43.9 Å². The molecule has 1 aromatic rings. The van der Waals surface area contributed by atoms with Gasteiger partial charge in [-0.25, -0.2) is 4.79 Å².